The molecule has 0 saturated carbocycles. The summed E-state index contributed by atoms with van der Waals surface area (Å²) in [5.74, 6) is 2.12. The minimum atomic E-state index is 0.569. The predicted octanol–water partition coefficient (Wildman–Crippen LogP) is 0.672. The lowest BCUT2D eigenvalue weighted by molar-refractivity contribution is 0.155. The summed E-state index contributed by atoms with van der Waals surface area (Å²) in [5, 5.41) is 7.24. The second-order valence-corrected chi connectivity index (χ2v) is 4.93. The monoisotopic (exact) mass is 224 g/mol. The Labute approximate surface area is 96.2 Å². The summed E-state index contributed by atoms with van der Waals surface area (Å²) in [7, 11) is 2.10. The summed E-state index contributed by atoms with van der Waals surface area (Å²) in [6.07, 6.45) is 0.887. The molecule has 2 rings (SSSR count). The molecule has 90 valence electrons. The van der Waals surface area contributed by atoms with Crippen LogP contribution in [0.4, 0.5) is 0 Å². The Morgan fingerprint density at radius 2 is 2.25 bits per heavy atom. The Morgan fingerprint density at radius 1 is 1.50 bits per heavy atom. The minimum absolute atomic E-state index is 0.569. The van der Waals surface area contributed by atoms with E-state index in [4.69, 9.17) is 4.52 Å². The summed E-state index contributed by atoms with van der Waals surface area (Å²) in [5.41, 5.74) is 0. The fraction of sp³-hybridized carbons (Fsp3) is 0.818. The Balaban J connectivity index is 1.86. The van der Waals surface area contributed by atoms with Gasteiger partial charge in [-0.05, 0) is 13.0 Å². The zero-order valence-corrected chi connectivity index (χ0v) is 10.2. The molecule has 1 aliphatic heterocycles. The van der Waals surface area contributed by atoms with Crippen molar-refractivity contribution in [2.24, 2.45) is 5.92 Å². The molecule has 1 fully saturated rings. The summed E-state index contributed by atoms with van der Waals surface area (Å²) >= 11 is 0. The molecule has 0 spiro atoms. The second kappa shape index (κ2) is 4.93. The lowest BCUT2D eigenvalue weighted by Gasteiger charge is -2.34. The van der Waals surface area contributed by atoms with Gasteiger partial charge < -0.3 is 9.84 Å². The maximum absolute atomic E-state index is 5.23. The van der Waals surface area contributed by atoms with Crippen LogP contribution < -0.4 is 5.32 Å². The molecular weight excluding hydrogens is 204 g/mol. The zero-order chi connectivity index (χ0) is 11.5. The van der Waals surface area contributed by atoms with Crippen LogP contribution in [0.15, 0.2) is 4.52 Å². The molecule has 5 heteroatoms. The van der Waals surface area contributed by atoms with Crippen molar-refractivity contribution in [2.75, 3.05) is 20.1 Å². The van der Waals surface area contributed by atoms with Crippen LogP contribution in [0.3, 0.4) is 0 Å². The van der Waals surface area contributed by atoms with Gasteiger partial charge in [0.1, 0.15) is 0 Å². The van der Waals surface area contributed by atoms with Crippen LogP contribution in [0.2, 0.25) is 0 Å². The van der Waals surface area contributed by atoms with Crippen molar-refractivity contribution in [3.8, 4) is 0 Å². The van der Waals surface area contributed by atoms with E-state index in [9.17, 15) is 0 Å². The van der Waals surface area contributed by atoms with Crippen LogP contribution >= 0.6 is 0 Å². The zero-order valence-electron chi connectivity index (χ0n) is 10.2. The lowest BCUT2D eigenvalue weighted by atomic mass is 10.1. The first-order valence-corrected chi connectivity index (χ1v) is 5.87. The number of aromatic nitrogens is 2. The molecule has 0 aliphatic carbocycles. The first kappa shape index (κ1) is 11.5. The van der Waals surface area contributed by atoms with E-state index in [0.29, 0.717) is 12.0 Å². The van der Waals surface area contributed by atoms with Crippen LogP contribution in [-0.2, 0) is 13.0 Å². The largest absolute Gasteiger partial charge is 0.338 e. The molecule has 1 aromatic heterocycles. The van der Waals surface area contributed by atoms with Crippen LogP contribution in [0, 0.1) is 5.92 Å². The van der Waals surface area contributed by atoms with Crippen molar-refractivity contribution in [1.82, 2.24) is 20.4 Å². The first-order valence-electron chi connectivity index (χ1n) is 5.87. The van der Waals surface area contributed by atoms with Crippen molar-refractivity contribution in [3.63, 3.8) is 0 Å². The van der Waals surface area contributed by atoms with Crippen LogP contribution in [-0.4, -0.2) is 41.2 Å². The van der Waals surface area contributed by atoms with E-state index in [1.807, 2.05) is 0 Å². The number of nitrogens with zero attached hydrogens (tertiary/aromatic N) is 3. The molecule has 0 amide bonds. The number of hydrogen-bond donors (Lipinski definition) is 1. The standard InChI is InChI=1S/C11H20N4O/c1-8(2)4-10-13-11(16-14-10)7-15(3)9-5-12-6-9/h8-9,12H,4-7H2,1-3H3. The summed E-state index contributed by atoms with van der Waals surface area (Å²) in [6.45, 7) is 7.18. The summed E-state index contributed by atoms with van der Waals surface area (Å²) in [6, 6.07) is 0.612. The minimum Gasteiger partial charge on any atom is -0.338 e. The maximum atomic E-state index is 5.23. The van der Waals surface area contributed by atoms with E-state index in [-0.39, 0.29) is 0 Å². The third-order valence-electron chi connectivity index (χ3n) is 2.87. The summed E-state index contributed by atoms with van der Waals surface area (Å²) < 4.78 is 5.23. The van der Waals surface area contributed by atoms with Crippen molar-refractivity contribution in [1.29, 1.82) is 0 Å². The van der Waals surface area contributed by atoms with Gasteiger partial charge in [-0.2, -0.15) is 4.98 Å². The topological polar surface area (TPSA) is 54.2 Å². The second-order valence-electron chi connectivity index (χ2n) is 4.93. The number of hydrogen-bond acceptors (Lipinski definition) is 5. The van der Waals surface area contributed by atoms with Gasteiger partial charge in [0.25, 0.3) is 0 Å². The Bertz CT molecular complexity index is 332. The van der Waals surface area contributed by atoms with Gasteiger partial charge in [-0.15, -0.1) is 0 Å². The molecule has 1 aliphatic rings. The van der Waals surface area contributed by atoms with Crippen molar-refractivity contribution < 1.29 is 4.52 Å². The molecule has 0 aromatic carbocycles. The van der Waals surface area contributed by atoms with Gasteiger partial charge in [-0.1, -0.05) is 19.0 Å². The van der Waals surface area contributed by atoms with Crippen molar-refractivity contribution in [2.45, 2.75) is 32.9 Å². The summed E-state index contributed by atoms with van der Waals surface area (Å²) in [4.78, 5) is 6.64. The molecule has 1 saturated heterocycles. The molecule has 0 radical (unpaired) electrons. The van der Waals surface area contributed by atoms with Gasteiger partial charge >= 0.3 is 0 Å². The van der Waals surface area contributed by atoms with Gasteiger partial charge in [0.05, 0.1) is 6.54 Å². The average molecular weight is 224 g/mol. The molecule has 0 unspecified atom stereocenters. The van der Waals surface area contributed by atoms with E-state index < -0.39 is 0 Å². The number of rotatable bonds is 5. The van der Waals surface area contributed by atoms with Crippen molar-refractivity contribution >= 4 is 0 Å². The van der Waals surface area contributed by atoms with Crippen LogP contribution in [0.1, 0.15) is 25.6 Å². The highest BCUT2D eigenvalue weighted by Crippen LogP contribution is 2.09. The maximum Gasteiger partial charge on any atom is 0.240 e. The van der Waals surface area contributed by atoms with E-state index in [0.717, 1.165) is 37.8 Å². The van der Waals surface area contributed by atoms with Crippen LogP contribution in [0.25, 0.3) is 0 Å². The SMILES string of the molecule is CC(C)Cc1noc(CN(C)C2CNC2)n1. The number of likely N-dealkylation sites (N-methyl/N-ethyl adjacent to an activating group) is 1. The Hall–Kier alpha value is -0.940. The number of nitrogens with one attached hydrogen (secondary N) is 1. The average Bonchev–Trinajstić information content (AvgIpc) is 2.47. The Kier molecular flexibility index (Phi) is 3.56. The first-order chi connectivity index (χ1) is 7.65. The molecule has 5 nitrogen and oxygen atoms in total. The highest BCUT2D eigenvalue weighted by atomic mass is 16.5. The molecule has 0 bridgehead atoms. The van der Waals surface area contributed by atoms with Gasteiger partial charge in [0.2, 0.25) is 5.89 Å². The Morgan fingerprint density at radius 3 is 2.81 bits per heavy atom. The van der Waals surface area contributed by atoms with Gasteiger partial charge in [-0.25, -0.2) is 0 Å². The normalized spacial score (nSPS) is 17.1. The third-order valence-corrected chi connectivity index (χ3v) is 2.87. The molecular formula is C11H20N4O. The fourth-order valence-electron chi connectivity index (χ4n) is 1.73. The molecule has 1 aromatic rings. The lowest BCUT2D eigenvalue weighted by Crippen LogP contribution is -2.55. The van der Waals surface area contributed by atoms with Gasteiger partial charge in [-0.3, -0.25) is 4.90 Å². The van der Waals surface area contributed by atoms with Crippen molar-refractivity contribution in [3.05, 3.63) is 11.7 Å². The highest BCUT2D eigenvalue weighted by molar-refractivity contribution is 4.90. The van der Waals surface area contributed by atoms with Crippen LogP contribution in [0.5, 0.6) is 0 Å². The fourth-order valence-corrected chi connectivity index (χ4v) is 1.73. The smallest absolute Gasteiger partial charge is 0.240 e. The molecule has 2 heterocycles. The van der Waals surface area contributed by atoms with E-state index in [1.165, 1.54) is 0 Å². The molecule has 16 heavy (non-hydrogen) atoms. The van der Waals surface area contributed by atoms with E-state index in [2.05, 4.69) is 41.3 Å². The molecule has 1 N–H and O–H groups in total. The van der Waals surface area contributed by atoms with Gasteiger partial charge in [0, 0.05) is 25.6 Å². The highest BCUT2D eigenvalue weighted by Gasteiger charge is 2.22. The van der Waals surface area contributed by atoms with Gasteiger partial charge in [0.15, 0.2) is 5.82 Å². The third kappa shape index (κ3) is 2.80. The van der Waals surface area contributed by atoms with E-state index in [1.54, 1.807) is 0 Å². The van der Waals surface area contributed by atoms with E-state index >= 15 is 0 Å². The predicted molar refractivity (Wildman–Crippen MR) is 61.0 cm³/mol. The quantitative estimate of drug-likeness (QED) is 0.796. The molecule has 0 atom stereocenters.